The van der Waals surface area contributed by atoms with Crippen molar-refractivity contribution in [2.45, 2.75) is 13.8 Å². The van der Waals surface area contributed by atoms with E-state index in [-0.39, 0.29) is 12.7 Å². The van der Waals surface area contributed by atoms with Crippen LogP contribution in [0.15, 0.2) is 24.5 Å². The Hall–Kier alpha value is -2.57. The second-order valence-electron chi connectivity index (χ2n) is 3.95. The molecule has 2 aromatic rings. The molecule has 0 unspecified atom stereocenters. The summed E-state index contributed by atoms with van der Waals surface area (Å²) in [7, 11) is 0. The molecule has 3 N–H and O–H groups in total. The van der Waals surface area contributed by atoms with Gasteiger partial charge in [0.25, 0.3) is 0 Å². The van der Waals surface area contributed by atoms with Gasteiger partial charge in [0.2, 0.25) is 5.95 Å². The lowest BCUT2D eigenvalue weighted by molar-refractivity contribution is 0.234. The van der Waals surface area contributed by atoms with Gasteiger partial charge in [0.15, 0.2) is 6.73 Å². The Balaban J connectivity index is 1.80. The lowest BCUT2D eigenvalue weighted by atomic mass is 10.1. The molecule has 1 aromatic carbocycles. The lowest BCUT2D eigenvalue weighted by Gasteiger charge is -2.11. The highest BCUT2D eigenvalue weighted by Gasteiger charge is 2.04. The first kappa shape index (κ1) is 12.9. The quantitative estimate of drug-likeness (QED) is 0.728. The van der Waals surface area contributed by atoms with E-state index in [9.17, 15) is 4.79 Å². The van der Waals surface area contributed by atoms with E-state index in [0.717, 1.165) is 16.9 Å². The molecule has 0 aliphatic rings. The highest BCUT2D eigenvalue weighted by atomic mass is 16.5. The predicted octanol–water partition coefficient (Wildman–Crippen LogP) is 1.58. The van der Waals surface area contributed by atoms with Crippen LogP contribution in [0.3, 0.4) is 0 Å². The number of aryl methyl sites for hydroxylation is 1. The Bertz CT molecular complexity index is 553. The molecule has 1 aromatic heterocycles. The summed E-state index contributed by atoms with van der Waals surface area (Å²) in [4.78, 5) is 15.2. The number of carbonyl (C=O) groups excluding carboxylic acids is 1. The Morgan fingerprint density at radius 1 is 1.42 bits per heavy atom. The maximum atomic E-state index is 11.5. The van der Waals surface area contributed by atoms with Gasteiger partial charge in [0, 0.05) is 0 Å². The molecule has 0 spiro atoms. The average Bonchev–Trinajstić information content (AvgIpc) is 2.87. The second-order valence-corrected chi connectivity index (χ2v) is 3.95. The first-order valence-corrected chi connectivity index (χ1v) is 5.76. The summed E-state index contributed by atoms with van der Waals surface area (Å²) in [6.45, 7) is 4.05. The molecule has 1 heterocycles. The Labute approximate surface area is 110 Å². The molecular formula is C12H15N5O2. The fraction of sp³-hybridized carbons (Fsp3) is 0.250. The van der Waals surface area contributed by atoms with Gasteiger partial charge < -0.3 is 10.1 Å². The SMILES string of the molecule is Cc1cccc(OCNC(=O)Nc2ncn[nH]2)c1C. The largest absolute Gasteiger partial charge is 0.473 e. The van der Waals surface area contributed by atoms with Crippen molar-refractivity contribution in [1.82, 2.24) is 20.5 Å². The molecule has 0 aliphatic heterocycles. The van der Waals surface area contributed by atoms with E-state index in [0.29, 0.717) is 0 Å². The van der Waals surface area contributed by atoms with Crippen LogP contribution in [0.4, 0.5) is 10.7 Å². The molecule has 0 saturated heterocycles. The van der Waals surface area contributed by atoms with E-state index >= 15 is 0 Å². The maximum Gasteiger partial charge on any atom is 0.324 e. The van der Waals surface area contributed by atoms with E-state index in [1.165, 1.54) is 6.33 Å². The number of amides is 2. The third-order valence-corrected chi connectivity index (χ3v) is 2.66. The normalized spacial score (nSPS) is 10.0. The van der Waals surface area contributed by atoms with E-state index in [1.807, 2.05) is 32.0 Å². The topological polar surface area (TPSA) is 91.9 Å². The number of aromatic amines is 1. The molecule has 100 valence electrons. The van der Waals surface area contributed by atoms with Gasteiger partial charge in [-0.1, -0.05) is 12.1 Å². The van der Waals surface area contributed by atoms with Crippen LogP contribution in [-0.4, -0.2) is 27.9 Å². The molecule has 0 bridgehead atoms. The summed E-state index contributed by atoms with van der Waals surface area (Å²) in [6, 6.07) is 5.36. The standard InChI is InChI=1S/C12H15N5O2/c1-8-4-3-5-10(9(8)2)19-7-14-12(18)16-11-13-6-15-17-11/h3-6H,7H2,1-2H3,(H3,13,14,15,16,17,18). The molecule has 0 saturated carbocycles. The minimum Gasteiger partial charge on any atom is -0.473 e. The minimum absolute atomic E-state index is 0.0737. The van der Waals surface area contributed by atoms with Crippen molar-refractivity contribution < 1.29 is 9.53 Å². The number of anilines is 1. The van der Waals surface area contributed by atoms with Gasteiger partial charge in [0.05, 0.1) is 0 Å². The summed E-state index contributed by atoms with van der Waals surface area (Å²) in [5.41, 5.74) is 2.20. The lowest BCUT2D eigenvalue weighted by Crippen LogP contribution is -2.32. The summed E-state index contributed by atoms with van der Waals surface area (Å²) in [6.07, 6.45) is 1.31. The number of nitrogens with one attached hydrogen (secondary N) is 3. The van der Waals surface area contributed by atoms with E-state index in [2.05, 4.69) is 25.8 Å². The van der Waals surface area contributed by atoms with Crippen LogP contribution in [0, 0.1) is 13.8 Å². The van der Waals surface area contributed by atoms with Crippen LogP contribution in [0.5, 0.6) is 5.75 Å². The van der Waals surface area contributed by atoms with Gasteiger partial charge in [-0.25, -0.2) is 9.89 Å². The van der Waals surface area contributed by atoms with Crippen molar-refractivity contribution in [2.24, 2.45) is 0 Å². The molecule has 7 nitrogen and oxygen atoms in total. The zero-order valence-corrected chi connectivity index (χ0v) is 10.7. The minimum atomic E-state index is -0.415. The van der Waals surface area contributed by atoms with Crippen molar-refractivity contribution in [3.63, 3.8) is 0 Å². The van der Waals surface area contributed by atoms with Gasteiger partial charge in [-0.15, -0.1) is 0 Å². The van der Waals surface area contributed by atoms with Crippen LogP contribution in [0.1, 0.15) is 11.1 Å². The van der Waals surface area contributed by atoms with Crippen molar-refractivity contribution in [3.8, 4) is 5.75 Å². The molecule has 2 rings (SSSR count). The monoisotopic (exact) mass is 261 g/mol. The summed E-state index contributed by atoms with van der Waals surface area (Å²) in [5, 5.41) is 11.2. The fourth-order valence-corrected chi connectivity index (χ4v) is 1.48. The van der Waals surface area contributed by atoms with Crippen LogP contribution >= 0.6 is 0 Å². The van der Waals surface area contributed by atoms with E-state index < -0.39 is 6.03 Å². The molecule has 2 amide bonds. The van der Waals surface area contributed by atoms with Gasteiger partial charge in [-0.3, -0.25) is 5.32 Å². The zero-order chi connectivity index (χ0) is 13.7. The number of benzene rings is 1. The van der Waals surface area contributed by atoms with Gasteiger partial charge in [-0.05, 0) is 31.0 Å². The molecule has 7 heteroatoms. The summed E-state index contributed by atoms with van der Waals surface area (Å²) < 4.78 is 5.49. The first-order chi connectivity index (χ1) is 9.16. The predicted molar refractivity (Wildman–Crippen MR) is 69.9 cm³/mol. The average molecular weight is 261 g/mol. The molecule has 19 heavy (non-hydrogen) atoms. The van der Waals surface area contributed by atoms with Gasteiger partial charge >= 0.3 is 6.03 Å². The maximum absolute atomic E-state index is 11.5. The highest BCUT2D eigenvalue weighted by Crippen LogP contribution is 2.19. The Morgan fingerprint density at radius 3 is 3.00 bits per heavy atom. The summed E-state index contributed by atoms with van der Waals surface area (Å²) >= 11 is 0. The van der Waals surface area contributed by atoms with Crippen LogP contribution < -0.4 is 15.4 Å². The molecule has 0 radical (unpaired) electrons. The Morgan fingerprint density at radius 2 is 2.26 bits per heavy atom. The zero-order valence-electron chi connectivity index (χ0n) is 10.7. The number of hydrogen-bond acceptors (Lipinski definition) is 4. The first-order valence-electron chi connectivity index (χ1n) is 5.76. The number of nitrogens with zero attached hydrogens (tertiary/aromatic N) is 2. The Kier molecular flexibility index (Phi) is 3.97. The van der Waals surface area contributed by atoms with Crippen molar-refractivity contribution in [3.05, 3.63) is 35.7 Å². The van der Waals surface area contributed by atoms with E-state index in [4.69, 9.17) is 4.74 Å². The number of carbonyl (C=O) groups is 1. The third kappa shape index (κ3) is 3.44. The van der Waals surface area contributed by atoms with Gasteiger partial charge in [0.1, 0.15) is 12.1 Å². The highest BCUT2D eigenvalue weighted by molar-refractivity contribution is 5.87. The van der Waals surface area contributed by atoms with Crippen LogP contribution in [-0.2, 0) is 0 Å². The molecule has 0 aliphatic carbocycles. The van der Waals surface area contributed by atoms with Crippen LogP contribution in [0.2, 0.25) is 0 Å². The number of aromatic nitrogens is 3. The number of urea groups is 1. The second kappa shape index (κ2) is 5.85. The number of ether oxygens (including phenoxy) is 1. The van der Waals surface area contributed by atoms with Crippen molar-refractivity contribution >= 4 is 12.0 Å². The number of rotatable bonds is 4. The fourth-order valence-electron chi connectivity index (χ4n) is 1.48. The van der Waals surface area contributed by atoms with E-state index in [1.54, 1.807) is 0 Å². The number of H-pyrrole nitrogens is 1. The summed E-state index contributed by atoms with van der Waals surface area (Å²) in [5.74, 6) is 1.03. The smallest absolute Gasteiger partial charge is 0.324 e. The van der Waals surface area contributed by atoms with Crippen molar-refractivity contribution in [1.29, 1.82) is 0 Å². The molecule has 0 atom stereocenters. The molecular weight excluding hydrogens is 246 g/mol. The third-order valence-electron chi connectivity index (χ3n) is 2.66. The number of hydrogen-bond donors (Lipinski definition) is 3. The van der Waals surface area contributed by atoms with Crippen LogP contribution in [0.25, 0.3) is 0 Å². The van der Waals surface area contributed by atoms with Gasteiger partial charge in [-0.2, -0.15) is 10.1 Å². The molecule has 0 fully saturated rings. The van der Waals surface area contributed by atoms with Crippen molar-refractivity contribution in [2.75, 3.05) is 12.0 Å².